The van der Waals surface area contributed by atoms with Crippen LogP contribution in [0.1, 0.15) is 25.7 Å². The van der Waals surface area contributed by atoms with Gasteiger partial charge >= 0.3 is 0 Å². The zero-order valence-electron chi connectivity index (χ0n) is 11.7. The average Bonchev–Trinajstić information content (AvgIpc) is 3.17. The quantitative estimate of drug-likeness (QED) is 0.728. The highest BCUT2D eigenvalue weighted by atomic mass is 16.5. The van der Waals surface area contributed by atoms with Gasteiger partial charge < -0.3 is 9.47 Å². The van der Waals surface area contributed by atoms with Crippen LogP contribution in [0, 0.1) is 17.8 Å². The standard InChI is InChI=1S/C16H25NO2/c1-2-15(18-6-1)16-11-17(5-7-19-16)10-14-9-12-3-4-13(14)8-12/h3-4,12-16H,1-2,5-11H2/t12-,13-,14+,15-,16+/m0/s1. The topological polar surface area (TPSA) is 21.7 Å². The Morgan fingerprint density at radius 3 is 2.74 bits per heavy atom. The molecule has 4 rings (SSSR count). The molecule has 0 spiro atoms. The summed E-state index contributed by atoms with van der Waals surface area (Å²) in [6.07, 6.45) is 10.8. The summed E-state index contributed by atoms with van der Waals surface area (Å²) in [5.74, 6) is 2.66. The molecule has 2 aliphatic heterocycles. The minimum Gasteiger partial charge on any atom is -0.375 e. The van der Waals surface area contributed by atoms with Crippen molar-refractivity contribution in [3.05, 3.63) is 12.2 Å². The molecule has 3 nitrogen and oxygen atoms in total. The Hall–Kier alpha value is -0.380. The van der Waals surface area contributed by atoms with Crippen LogP contribution in [-0.2, 0) is 9.47 Å². The van der Waals surface area contributed by atoms with Gasteiger partial charge in [-0.05, 0) is 43.4 Å². The van der Waals surface area contributed by atoms with Crippen LogP contribution in [0.4, 0.5) is 0 Å². The summed E-state index contributed by atoms with van der Waals surface area (Å²) in [4.78, 5) is 2.63. The molecule has 106 valence electrons. The van der Waals surface area contributed by atoms with Gasteiger partial charge in [-0.3, -0.25) is 4.90 Å². The normalized spacial score (nSPS) is 46.2. The van der Waals surface area contributed by atoms with Gasteiger partial charge in [0.2, 0.25) is 0 Å². The lowest BCUT2D eigenvalue weighted by Gasteiger charge is -2.37. The maximum atomic E-state index is 5.94. The molecule has 0 aromatic carbocycles. The van der Waals surface area contributed by atoms with E-state index in [1.54, 1.807) is 0 Å². The second kappa shape index (κ2) is 5.19. The van der Waals surface area contributed by atoms with Crippen molar-refractivity contribution in [2.45, 2.75) is 37.9 Å². The van der Waals surface area contributed by atoms with Gasteiger partial charge in [-0.15, -0.1) is 0 Å². The minimum atomic E-state index is 0.324. The van der Waals surface area contributed by atoms with Crippen molar-refractivity contribution in [2.24, 2.45) is 17.8 Å². The van der Waals surface area contributed by atoms with Crippen LogP contribution >= 0.6 is 0 Å². The Labute approximate surface area is 115 Å². The molecular formula is C16H25NO2. The van der Waals surface area contributed by atoms with Crippen molar-refractivity contribution in [2.75, 3.05) is 32.8 Å². The summed E-state index contributed by atoms with van der Waals surface area (Å²) in [5, 5.41) is 0. The van der Waals surface area contributed by atoms with Crippen molar-refractivity contribution in [3.63, 3.8) is 0 Å². The van der Waals surface area contributed by atoms with Gasteiger partial charge in [-0.2, -0.15) is 0 Å². The summed E-state index contributed by atoms with van der Waals surface area (Å²) < 4.78 is 11.7. The molecule has 0 unspecified atom stereocenters. The van der Waals surface area contributed by atoms with Crippen LogP contribution in [0.2, 0.25) is 0 Å². The third kappa shape index (κ3) is 2.48. The van der Waals surface area contributed by atoms with Gasteiger partial charge in [-0.1, -0.05) is 12.2 Å². The molecule has 3 heteroatoms. The Morgan fingerprint density at radius 2 is 2.00 bits per heavy atom. The predicted octanol–water partition coefficient (Wildman–Crippen LogP) is 2.08. The Morgan fingerprint density at radius 1 is 1.05 bits per heavy atom. The highest BCUT2D eigenvalue weighted by Gasteiger charge is 2.38. The number of hydrogen-bond donors (Lipinski definition) is 0. The molecule has 2 saturated heterocycles. The summed E-state index contributed by atoms with van der Waals surface area (Å²) >= 11 is 0. The van der Waals surface area contributed by atoms with E-state index >= 15 is 0 Å². The lowest BCUT2D eigenvalue weighted by atomic mass is 9.92. The molecule has 4 aliphatic rings. The monoisotopic (exact) mass is 263 g/mol. The van der Waals surface area contributed by atoms with E-state index in [-0.39, 0.29) is 0 Å². The molecule has 0 N–H and O–H groups in total. The molecule has 3 fully saturated rings. The van der Waals surface area contributed by atoms with Crippen molar-refractivity contribution in [3.8, 4) is 0 Å². The highest BCUT2D eigenvalue weighted by Crippen LogP contribution is 2.43. The van der Waals surface area contributed by atoms with Gasteiger partial charge in [-0.25, -0.2) is 0 Å². The zero-order chi connectivity index (χ0) is 12.7. The van der Waals surface area contributed by atoms with Crippen LogP contribution in [0.25, 0.3) is 0 Å². The Bertz CT molecular complexity index is 351. The predicted molar refractivity (Wildman–Crippen MR) is 74.0 cm³/mol. The van der Waals surface area contributed by atoms with Crippen molar-refractivity contribution >= 4 is 0 Å². The largest absolute Gasteiger partial charge is 0.375 e. The molecule has 0 aromatic rings. The van der Waals surface area contributed by atoms with Crippen molar-refractivity contribution in [1.82, 2.24) is 4.90 Å². The zero-order valence-corrected chi connectivity index (χ0v) is 11.7. The van der Waals surface area contributed by atoms with E-state index in [0.717, 1.165) is 44.1 Å². The highest BCUT2D eigenvalue weighted by molar-refractivity contribution is 5.10. The van der Waals surface area contributed by atoms with E-state index in [0.29, 0.717) is 12.2 Å². The van der Waals surface area contributed by atoms with Gasteiger partial charge in [0.1, 0.15) is 0 Å². The molecule has 2 aliphatic carbocycles. The van der Waals surface area contributed by atoms with Crippen molar-refractivity contribution < 1.29 is 9.47 Å². The van der Waals surface area contributed by atoms with Crippen molar-refractivity contribution in [1.29, 1.82) is 0 Å². The number of allylic oxidation sites excluding steroid dienone is 2. The first kappa shape index (κ1) is 12.4. The molecular weight excluding hydrogens is 238 g/mol. The van der Waals surface area contributed by atoms with Gasteiger partial charge in [0.15, 0.2) is 0 Å². The van der Waals surface area contributed by atoms with Crippen LogP contribution in [0.15, 0.2) is 12.2 Å². The Balaban J connectivity index is 1.32. The fourth-order valence-electron chi connectivity index (χ4n) is 4.45. The van der Waals surface area contributed by atoms with Gasteiger partial charge in [0.05, 0.1) is 18.8 Å². The van der Waals surface area contributed by atoms with E-state index in [2.05, 4.69) is 17.1 Å². The Kier molecular flexibility index (Phi) is 3.38. The van der Waals surface area contributed by atoms with E-state index in [4.69, 9.17) is 9.47 Å². The number of fused-ring (bicyclic) bond motifs is 2. The maximum absolute atomic E-state index is 5.94. The fourth-order valence-corrected chi connectivity index (χ4v) is 4.45. The number of ether oxygens (including phenoxy) is 2. The van der Waals surface area contributed by atoms with Crippen LogP contribution in [0.5, 0.6) is 0 Å². The average molecular weight is 263 g/mol. The van der Waals surface area contributed by atoms with Gasteiger partial charge in [0.25, 0.3) is 0 Å². The molecule has 2 bridgehead atoms. The second-order valence-corrected chi connectivity index (χ2v) is 6.76. The summed E-state index contributed by atoms with van der Waals surface area (Å²) in [7, 11) is 0. The third-order valence-corrected chi connectivity index (χ3v) is 5.47. The number of morpholine rings is 1. The maximum Gasteiger partial charge on any atom is 0.0963 e. The van der Waals surface area contributed by atoms with E-state index < -0.39 is 0 Å². The second-order valence-electron chi connectivity index (χ2n) is 6.76. The summed E-state index contributed by atoms with van der Waals surface area (Å²) in [6.45, 7) is 5.30. The third-order valence-electron chi connectivity index (χ3n) is 5.47. The first-order valence-corrected chi connectivity index (χ1v) is 8.02. The molecule has 1 saturated carbocycles. The van der Waals surface area contributed by atoms with E-state index in [1.165, 1.54) is 32.2 Å². The first-order chi connectivity index (χ1) is 9.38. The van der Waals surface area contributed by atoms with Crippen LogP contribution < -0.4 is 0 Å². The van der Waals surface area contributed by atoms with E-state index in [1.807, 2.05) is 0 Å². The SMILES string of the molecule is C1=C[C@H]2C[C@H]1C[C@@H]2CN1CCO[C@@H]([C@@H]2CCCO2)C1. The number of nitrogens with zero attached hydrogens (tertiary/aromatic N) is 1. The number of rotatable bonds is 3. The minimum absolute atomic E-state index is 0.324. The first-order valence-electron chi connectivity index (χ1n) is 8.02. The summed E-state index contributed by atoms with van der Waals surface area (Å²) in [5.41, 5.74) is 0. The lowest BCUT2D eigenvalue weighted by Crippen LogP contribution is -2.49. The molecule has 0 aromatic heterocycles. The van der Waals surface area contributed by atoms with Crippen LogP contribution in [0.3, 0.4) is 0 Å². The molecule has 19 heavy (non-hydrogen) atoms. The van der Waals surface area contributed by atoms with E-state index in [9.17, 15) is 0 Å². The van der Waals surface area contributed by atoms with Crippen LogP contribution in [-0.4, -0.2) is 50.0 Å². The lowest BCUT2D eigenvalue weighted by molar-refractivity contribution is -0.0969. The smallest absolute Gasteiger partial charge is 0.0963 e. The number of hydrogen-bond acceptors (Lipinski definition) is 3. The fraction of sp³-hybridized carbons (Fsp3) is 0.875. The summed E-state index contributed by atoms with van der Waals surface area (Å²) in [6, 6.07) is 0. The molecule has 5 atom stereocenters. The van der Waals surface area contributed by atoms with Gasteiger partial charge in [0, 0.05) is 26.2 Å². The molecule has 2 heterocycles. The molecule has 0 amide bonds. The molecule has 0 radical (unpaired) electrons.